The Labute approximate surface area is 119 Å². The molecular formula is C13H14BrN3O2. The molecule has 0 aliphatic rings. The van der Waals surface area contributed by atoms with Gasteiger partial charge in [-0.15, -0.1) is 0 Å². The van der Waals surface area contributed by atoms with Crippen molar-refractivity contribution in [3.63, 3.8) is 0 Å². The Morgan fingerprint density at radius 1 is 1.58 bits per heavy atom. The van der Waals surface area contributed by atoms with E-state index in [1.165, 1.54) is 6.08 Å². The molecule has 0 spiro atoms. The van der Waals surface area contributed by atoms with E-state index in [9.17, 15) is 4.79 Å². The maximum Gasteiger partial charge on any atom is 0.330 e. The highest BCUT2D eigenvalue weighted by molar-refractivity contribution is 9.10. The standard InChI is InChI=1S/C13H14BrN3O2/c1-3-19-12(18)5-4-8-6-9-11(7-10(8)15)17(2)16-13(9)14/h4-7H,3,15H2,1-2H3. The molecule has 0 radical (unpaired) electrons. The lowest BCUT2D eigenvalue weighted by Crippen LogP contribution is -1.99. The number of carbonyl (C=O) groups excluding carboxylic acids is 1. The second-order valence-corrected chi connectivity index (χ2v) is 4.75. The molecule has 1 heterocycles. The number of hydrogen-bond acceptors (Lipinski definition) is 4. The SMILES string of the molecule is CCOC(=O)C=Cc1cc2c(Br)nn(C)c2cc1N. The fourth-order valence-corrected chi connectivity index (χ4v) is 2.34. The minimum Gasteiger partial charge on any atom is -0.463 e. The highest BCUT2D eigenvalue weighted by atomic mass is 79.9. The molecule has 5 nitrogen and oxygen atoms in total. The summed E-state index contributed by atoms with van der Waals surface area (Å²) in [7, 11) is 1.85. The lowest BCUT2D eigenvalue weighted by atomic mass is 10.1. The Kier molecular flexibility index (Phi) is 3.90. The summed E-state index contributed by atoms with van der Waals surface area (Å²) >= 11 is 3.39. The minimum atomic E-state index is -0.382. The monoisotopic (exact) mass is 323 g/mol. The predicted octanol–water partition coefficient (Wildman–Crippen LogP) is 2.49. The molecule has 1 aromatic carbocycles. The minimum absolute atomic E-state index is 0.353. The number of anilines is 1. The van der Waals surface area contributed by atoms with Crippen molar-refractivity contribution >= 4 is 44.6 Å². The zero-order valence-corrected chi connectivity index (χ0v) is 12.3. The van der Waals surface area contributed by atoms with E-state index in [0.717, 1.165) is 21.1 Å². The lowest BCUT2D eigenvalue weighted by Gasteiger charge is -2.02. The van der Waals surface area contributed by atoms with Gasteiger partial charge in [0.25, 0.3) is 0 Å². The Hall–Kier alpha value is -1.82. The van der Waals surface area contributed by atoms with Crippen molar-refractivity contribution in [1.29, 1.82) is 0 Å². The van der Waals surface area contributed by atoms with Crippen LogP contribution in [-0.2, 0) is 16.6 Å². The summed E-state index contributed by atoms with van der Waals surface area (Å²) in [6.45, 7) is 2.12. The van der Waals surface area contributed by atoms with Gasteiger partial charge in [-0.25, -0.2) is 4.79 Å². The van der Waals surface area contributed by atoms with Gasteiger partial charge in [0.15, 0.2) is 0 Å². The molecule has 2 N–H and O–H groups in total. The number of carbonyl (C=O) groups is 1. The van der Waals surface area contributed by atoms with Gasteiger partial charge in [-0.2, -0.15) is 5.10 Å². The number of halogens is 1. The first kappa shape index (κ1) is 13.6. The first-order valence-electron chi connectivity index (χ1n) is 5.79. The van der Waals surface area contributed by atoms with Crippen LogP contribution in [0.2, 0.25) is 0 Å². The Morgan fingerprint density at radius 2 is 2.32 bits per heavy atom. The van der Waals surface area contributed by atoms with Crippen LogP contribution >= 0.6 is 15.9 Å². The third-order valence-electron chi connectivity index (χ3n) is 2.70. The van der Waals surface area contributed by atoms with Crippen LogP contribution in [0.1, 0.15) is 12.5 Å². The molecule has 0 aliphatic carbocycles. The summed E-state index contributed by atoms with van der Waals surface area (Å²) in [6, 6.07) is 3.72. The van der Waals surface area contributed by atoms with Crippen molar-refractivity contribution in [3.05, 3.63) is 28.4 Å². The van der Waals surface area contributed by atoms with Crippen molar-refractivity contribution in [1.82, 2.24) is 9.78 Å². The van der Waals surface area contributed by atoms with Crippen molar-refractivity contribution in [2.24, 2.45) is 7.05 Å². The number of rotatable bonds is 3. The zero-order chi connectivity index (χ0) is 14.0. The molecule has 0 unspecified atom stereocenters. The fraction of sp³-hybridized carbons (Fsp3) is 0.231. The van der Waals surface area contributed by atoms with E-state index in [2.05, 4.69) is 21.0 Å². The van der Waals surface area contributed by atoms with E-state index in [-0.39, 0.29) is 5.97 Å². The van der Waals surface area contributed by atoms with Crippen LogP contribution in [0.15, 0.2) is 22.8 Å². The molecule has 0 saturated carbocycles. The first-order chi connectivity index (χ1) is 9.02. The van der Waals surface area contributed by atoms with Gasteiger partial charge in [-0.3, -0.25) is 4.68 Å². The van der Waals surface area contributed by atoms with E-state index >= 15 is 0 Å². The van der Waals surface area contributed by atoms with E-state index in [1.54, 1.807) is 17.7 Å². The van der Waals surface area contributed by atoms with Crippen LogP contribution in [0.3, 0.4) is 0 Å². The summed E-state index contributed by atoms with van der Waals surface area (Å²) in [6.07, 6.45) is 3.01. The fourth-order valence-electron chi connectivity index (χ4n) is 1.79. The number of nitrogen functional groups attached to an aromatic ring is 1. The third-order valence-corrected chi connectivity index (χ3v) is 3.28. The van der Waals surface area contributed by atoms with Gasteiger partial charge >= 0.3 is 5.97 Å². The van der Waals surface area contributed by atoms with Gasteiger partial charge in [0.05, 0.1) is 12.1 Å². The van der Waals surface area contributed by atoms with E-state index in [1.807, 2.05) is 19.2 Å². The quantitative estimate of drug-likeness (QED) is 0.535. The average Bonchev–Trinajstić information content (AvgIpc) is 2.62. The number of fused-ring (bicyclic) bond motifs is 1. The van der Waals surface area contributed by atoms with Crippen molar-refractivity contribution < 1.29 is 9.53 Å². The highest BCUT2D eigenvalue weighted by Crippen LogP contribution is 2.28. The van der Waals surface area contributed by atoms with E-state index < -0.39 is 0 Å². The molecule has 0 aliphatic heterocycles. The molecule has 0 fully saturated rings. The summed E-state index contributed by atoms with van der Waals surface area (Å²) in [5, 5.41) is 5.20. The number of aryl methyl sites for hydroxylation is 1. The Balaban J connectivity index is 2.41. The van der Waals surface area contributed by atoms with Crippen LogP contribution in [0.5, 0.6) is 0 Å². The summed E-state index contributed by atoms with van der Waals surface area (Å²) in [5.41, 5.74) is 8.24. The van der Waals surface area contributed by atoms with Crippen LogP contribution in [0.4, 0.5) is 5.69 Å². The maximum atomic E-state index is 11.3. The highest BCUT2D eigenvalue weighted by Gasteiger charge is 2.09. The van der Waals surface area contributed by atoms with Gasteiger partial charge in [0.2, 0.25) is 0 Å². The molecular weight excluding hydrogens is 310 g/mol. The number of nitrogens with two attached hydrogens (primary N) is 1. The maximum absolute atomic E-state index is 11.3. The third kappa shape index (κ3) is 2.78. The van der Waals surface area contributed by atoms with E-state index in [4.69, 9.17) is 10.5 Å². The molecule has 1 aromatic heterocycles. The first-order valence-corrected chi connectivity index (χ1v) is 6.58. The van der Waals surface area contributed by atoms with Gasteiger partial charge in [-0.05, 0) is 46.6 Å². The van der Waals surface area contributed by atoms with Crippen molar-refractivity contribution in [2.75, 3.05) is 12.3 Å². The van der Waals surface area contributed by atoms with Crippen LogP contribution in [0.25, 0.3) is 17.0 Å². The van der Waals surface area contributed by atoms with Crippen LogP contribution in [0, 0.1) is 0 Å². The van der Waals surface area contributed by atoms with Crippen LogP contribution in [-0.4, -0.2) is 22.4 Å². The topological polar surface area (TPSA) is 70.1 Å². The number of esters is 1. The van der Waals surface area contributed by atoms with Crippen LogP contribution < -0.4 is 5.73 Å². The second kappa shape index (κ2) is 5.44. The molecule has 2 aromatic rings. The lowest BCUT2D eigenvalue weighted by molar-refractivity contribution is -0.137. The van der Waals surface area contributed by atoms with Gasteiger partial charge < -0.3 is 10.5 Å². The molecule has 0 saturated heterocycles. The largest absolute Gasteiger partial charge is 0.463 e. The number of nitrogens with zero attached hydrogens (tertiary/aromatic N) is 2. The normalized spacial score (nSPS) is 11.3. The molecule has 0 bridgehead atoms. The summed E-state index contributed by atoms with van der Waals surface area (Å²) < 4.78 is 7.32. The number of hydrogen-bond donors (Lipinski definition) is 1. The average molecular weight is 324 g/mol. The Bertz CT molecular complexity index is 661. The van der Waals surface area contributed by atoms with E-state index in [0.29, 0.717) is 12.3 Å². The Morgan fingerprint density at radius 3 is 3.00 bits per heavy atom. The number of aromatic nitrogens is 2. The zero-order valence-electron chi connectivity index (χ0n) is 10.7. The van der Waals surface area contributed by atoms with Gasteiger partial charge in [0.1, 0.15) is 4.60 Å². The smallest absolute Gasteiger partial charge is 0.330 e. The molecule has 6 heteroatoms. The van der Waals surface area contributed by atoms with Crippen molar-refractivity contribution in [3.8, 4) is 0 Å². The molecule has 2 rings (SSSR count). The molecule has 19 heavy (non-hydrogen) atoms. The number of benzene rings is 1. The second-order valence-electron chi connectivity index (χ2n) is 4.00. The molecule has 100 valence electrons. The summed E-state index contributed by atoms with van der Waals surface area (Å²) in [4.78, 5) is 11.3. The van der Waals surface area contributed by atoms with Gasteiger partial charge in [0, 0.05) is 24.2 Å². The predicted molar refractivity (Wildman–Crippen MR) is 78.5 cm³/mol. The molecule has 0 amide bonds. The summed E-state index contributed by atoms with van der Waals surface area (Å²) in [5.74, 6) is -0.382. The number of ether oxygens (including phenoxy) is 1. The molecule has 0 atom stereocenters. The van der Waals surface area contributed by atoms with Crippen molar-refractivity contribution in [2.45, 2.75) is 6.92 Å². The van der Waals surface area contributed by atoms with Gasteiger partial charge in [-0.1, -0.05) is 0 Å².